The number of likely N-dealkylation sites (tertiary alicyclic amines) is 1. The van der Waals surface area contributed by atoms with Gasteiger partial charge in [-0.2, -0.15) is 0 Å². The van der Waals surface area contributed by atoms with Gasteiger partial charge in [-0.15, -0.1) is 0 Å². The highest BCUT2D eigenvalue weighted by Crippen LogP contribution is 2.34. The van der Waals surface area contributed by atoms with Crippen LogP contribution in [0.1, 0.15) is 17.5 Å². The van der Waals surface area contributed by atoms with Crippen molar-refractivity contribution in [3.05, 3.63) is 65.5 Å². The van der Waals surface area contributed by atoms with E-state index in [9.17, 15) is 9.50 Å². The number of nitrogens with zero attached hydrogens (tertiary/aromatic N) is 2. The average Bonchev–Trinajstić information content (AvgIpc) is 3.11. The average molecular weight is 354 g/mol. The summed E-state index contributed by atoms with van der Waals surface area (Å²) < 4.78 is 13.0. The van der Waals surface area contributed by atoms with Crippen LogP contribution < -0.4 is 4.90 Å². The molecule has 2 heterocycles. The van der Waals surface area contributed by atoms with Crippen molar-refractivity contribution in [3.63, 3.8) is 0 Å². The summed E-state index contributed by atoms with van der Waals surface area (Å²) in [5, 5.41) is 10.0. The first-order valence-electron chi connectivity index (χ1n) is 9.67. The monoisotopic (exact) mass is 354 g/mol. The number of benzene rings is 2. The molecule has 4 heteroatoms. The second-order valence-electron chi connectivity index (χ2n) is 7.55. The van der Waals surface area contributed by atoms with Gasteiger partial charge >= 0.3 is 0 Å². The quantitative estimate of drug-likeness (QED) is 0.894. The van der Waals surface area contributed by atoms with Gasteiger partial charge in [-0.3, -0.25) is 0 Å². The van der Waals surface area contributed by atoms with Crippen LogP contribution in [0.15, 0.2) is 48.5 Å². The highest BCUT2D eigenvalue weighted by atomic mass is 19.1. The number of aliphatic hydroxyl groups excluding tert-OH is 1. The first-order chi connectivity index (χ1) is 12.7. The topological polar surface area (TPSA) is 26.7 Å². The first-order valence-corrected chi connectivity index (χ1v) is 9.67. The lowest BCUT2D eigenvalue weighted by Crippen LogP contribution is -2.52. The van der Waals surface area contributed by atoms with Gasteiger partial charge in [0.05, 0.1) is 0 Å². The van der Waals surface area contributed by atoms with Gasteiger partial charge in [-0.05, 0) is 48.6 Å². The van der Waals surface area contributed by atoms with Crippen LogP contribution in [0.4, 0.5) is 10.1 Å². The van der Waals surface area contributed by atoms with Crippen molar-refractivity contribution in [3.8, 4) is 0 Å². The van der Waals surface area contributed by atoms with E-state index in [0.717, 1.165) is 45.4 Å². The van der Waals surface area contributed by atoms with Gasteiger partial charge in [-0.25, -0.2) is 4.39 Å². The van der Waals surface area contributed by atoms with E-state index < -0.39 is 0 Å². The maximum Gasteiger partial charge on any atom is 0.123 e. The minimum absolute atomic E-state index is 0.180. The van der Waals surface area contributed by atoms with Crippen molar-refractivity contribution >= 4 is 5.69 Å². The second kappa shape index (κ2) is 7.77. The fraction of sp³-hybridized carbons (Fsp3) is 0.455. The Hall–Kier alpha value is -1.91. The van der Waals surface area contributed by atoms with Crippen molar-refractivity contribution < 1.29 is 9.50 Å². The summed E-state index contributed by atoms with van der Waals surface area (Å²) in [6, 6.07) is 15.9. The van der Waals surface area contributed by atoms with E-state index in [0.29, 0.717) is 6.04 Å². The molecule has 2 aromatic rings. The minimum atomic E-state index is -0.180. The Balaban J connectivity index is 1.37. The van der Waals surface area contributed by atoms with Crippen LogP contribution in [-0.4, -0.2) is 48.8 Å². The molecule has 3 nitrogen and oxygen atoms in total. The molecule has 1 N–H and O–H groups in total. The van der Waals surface area contributed by atoms with Crippen molar-refractivity contribution in [2.45, 2.75) is 25.3 Å². The Kier molecular flexibility index (Phi) is 5.23. The predicted octanol–water partition coefficient (Wildman–Crippen LogP) is 3.11. The summed E-state index contributed by atoms with van der Waals surface area (Å²) in [6.45, 7) is 4.25. The molecule has 0 amide bonds. The molecular formula is C22H27FN2O. The van der Waals surface area contributed by atoms with Crippen LogP contribution >= 0.6 is 0 Å². The van der Waals surface area contributed by atoms with Crippen LogP contribution in [0.3, 0.4) is 0 Å². The number of aliphatic hydroxyl groups is 1. The largest absolute Gasteiger partial charge is 0.396 e. The van der Waals surface area contributed by atoms with Crippen molar-refractivity contribution in [2.75, 3.05) is 37.7 Å². The molecule has 0 aromatic heterocycles. The molecule has 4 rings (SSSR count). The molecule has 2 aliphatic heterocycles. The number of fused-ring (bicyclic) bond motifs is 1. The van der Waals surface area contributed by atoms with Gasteiger partial charge < -0.3 is 14.9 Å². The molecule has 2 aliphatic rings. The molecule has 2 atom stereocenters. The fourth-order valence-corrected chi connectivity index (χ4v) is 4.53. The molecule has 2 aromatic carbocycles. The first kappa shape index (κ1) is 17.5. The lowest BCUT2D eigenvalue weighted by atomic mass is 9.91. The SMILES string of the molecule is OC[C@@H]1CN(CCc2ccc(F)cc2)CC[C@H]1N1CCc2ccccc21. The normalized spacial score (nSPS) is 23.2. The van der Waals surface area contributed by atoms with Gasteiger partial charge in [0.1, 0.15) is 5.82 Å². The fourth-order valence-electron chi connectivity index (χ4n) is 4.53. The Morgan fingerprint density at radius 1 is 1.04 bits per heavy atom. The Bertz CT molecular complexity index is 733. The standard InChI is InChI=1S/C22H27FN2O/c23-20-7-5-17(6-8-20)9-12-24-13-11-22(19(15-24)16-26)25-14-10-18-3-1-2-4-21(18)25/h1-8,19,22,26H,9-16H2/t19-,22+/m0/s1. The summed E-state index contributed by atoms with van der Waals surface area (Å²) in [7, 11) is 0. The van der Waals surface area contributed by atoms with Crippen molar-refractivity contribution in [1.82, 2.24) is 4.90 Å². The highest BCUT2D eigenvalue weighted by Gasteiger charge is 2.35. The molecule has 0 bridgehead atoms. The third-order valence-corrected chi connectivity index (χ3v) is 5.97. The maximum absolute atomic E-state index is 13.0. The van der Waals surface area contributed by atoms with Crippen LogP contribution in [0.2, 0.25) is 0 Å². The smallest absolute Gasteiger partial charge is 0.123 e. The van der Waals surface area contributed by atoms with Gasteiger partial charge in [-0.1, -0.05) is 30.3 Å². The number of rotatable bonds is 5. The zero-order valence-corrected chi connectivity index (χ0v) is 15.1. The molecule has 0 radical (unpaired) electrons. The number of piperidine rings is 1. The number of hydrogen-bond acceptors (Lipinski definition) is 3. The highest BCUT2D eigenvalue weighted by molar-refractivity contribution is 5.58. The zero-order chi connectivity index (χ0) is 17.9. The van der Waals surface area contributed by atoms with Gasteiger partial charge in [0, 0.05) is 50.4 Å². The lowest BCUT2D eigenvalue weighted by Gasteiger charge is -2.43. The summed E-state index contributed by atoms with van der Waals surface area (Å²) in [5.74, 6) is 0.101. The molecule has 0 unspecified atom stereocenters. The molecular weight excluding hydrogens is 327 g/mol. The second-order valence-corrected chi connectivity index (χ2v) is 7.55. The molecule has 26 heavy (non-hydrogen) atoms. The molecule has 0 aliphatic carbocycles. The van der Waals surface area contributed by atoms with E-state index in [4.69, 9.17) is 0 Å². The Morgan fingerprint density at radius 2 is 1.85 bits per heavy atom. The lowest BCUT2D eigenvalue weighted by molar-refractivity contribution is 0.102. The Morgan fingerprint density at radius 3 is 2.65 bits per heavy atom. The molecule has 1 saturated heterocycles. The van der Waals surface area contributed by atoms with Crippen molar-refractivity contribution in [2.24, 2.45) is 5.92 Å². The molecule has 0 saturated carbocycles. The number of halogens is 1. The van der Waals surface area contributed by atoms with E-state index in [2.05, 4.69) is 34.1 Å². The minimum Gasteiger partial charge on any atom is -0.396 e. The summed E-state index contributed by atoms with van der Waals surface area (Å²) in [6.07, 6.45) is 3.12. The number of anilines is 1. The Labute approximate surface area is 155 Å². The van der Waals surface area contributed by atoms with Crippen LogP contribution in [0.25, 0.3) is 0 Å². The number of para-hydroxylation sites is 1. The van der Waals surface area contributed by atoms with Crippen LogP contribution in [0, 0.1) is 11.7 Å². The van der Waals surface area contributed by atoms with E-state index in [1.807, 2.05) is 12.1 Å². The summed E-state index contributed by atoms with van der Waals surface area (Å²) >= 11 is 0. The third-order valence-electron chi connectivity index (χ3n) is 5.97. The number of hydrogen-bond donors (Lipinski definition) is 1. The van der Waals surface area contributed by atoms with Crippen LogP contribution in [0.5, 0.6) is 0 Å². The predicted molar refractivity (Wildman–Crippen MR) is 103 cm³/mol. The molecule has 1 fully saturated rings. The van der Waals surface area contributed by atoms with Gasteiger partial charge in [0.25, 0.3) is 0 Å². The summed E-state index contributed by atoms with van der Waals surface area (Å²) in [4.78, 5) is 4.97. The van der Waals surface area contributed by atoms with E-state index in [1.54, 1.807) is 0 Å². The third kappa shape index (κ3) is 3.62. The summed E-state index contributed by atoms with van der Waals surface area (Å²) in [5.41, 5.74) is 3.96. The van der Waals surface area contributed by atoms with E-state index >= 15 is 0 Å². The van der Waals surface area contributed by atoms with Gasteiger partial charge in [0.15, 0.2) is 0 Å². The molecule has 0 spiro atoms. The maximum atomic E-state index is 13.0. The van der Waals surface area contributed by atoms with Crippen molar-refractivity contribution in [1.29, 1.82) is 0 Å². The molecule has 138 valence electrons. The van der Waals surface area contributed by atoms with E-state index in [-0.39, 0.29) is 18.3 Å². The van der Waals surface area contributed by atoms with E-state index in [1.165, 1.54) is 28.9 Å². The van der Waals surface area contributed by atoms with Crippen LogP contribution in [-0.2, 0) is 12.8 Å². The zero-order valence-electron chi connectivity index (χ0n) is 15.1. The van der Waals surface area contributed by atoms with Gasteiger partial charge in [0.2, 0.25) is 0 Å².